The van der Waals surface area contributed by atoms with Crippen molar-refractivity contribution in [3.63, 3.8) is 0 Å². The molecule has 2 fully saturated rings. The van der Waals surface area contributed by atoms with Crippen LogP contribution in [0.3, 0.4) is 0 Å². The molecule has 0 radical (unpaired) electrons. The van der Waals surface area contributed by atoms with E-state index < -0.39 is 0 Å². The molecular formula is C12H17NO. The van der Waals surface area contributed by atoms with E-state index in [2.05, 4.69) is 19.9 Å². The molecule has 2 aliphatic carbocycles. The second kappa shape index (κ2) is 2.59. The van der Waals surface area contributed by atoms with E-state index in [-0.39, 0.29) is 16.7 Å². The lowest BCUT2D eigenvalue weighted by Crippen LogP contribution is -2.57. The summed E-state index contributed by atoms with van der Waals surface area (Å²) in [4.78, 5) is 12.0. The van der Waals surface area contributed by atoms with Gasteiger partial charge >= 0.3 is 0 Å². The van der Waals surface area contributed by atoms with Crippen LogP contribution in [0.1, 0.15) is 40.0 Å². The molecule has 0 aromatic heterocycles. The first kappa shape index (κ1) is 9.71. The van der Waals surface area contributed by atoms with Crippen LogP contribution in [0, 0.1) is 34.0 Å². The van der Waals surface area contributed by atoms with E-state index in [1.165, 1.54) is 0 Å². The molecule has 2 rings (SSSR count). The lowest BCUT2D eigenvalue weighted by atomic mass is 9.45. The first-order chi connectivity index (χ1) is 6.40. The summed E-state index contributed by atoms with van der Waals surface area (Å²) in [7, 11) is 0. The Bertz CT molecular complexity index is 326. The van der Waals surface area contributed by atoms with Crippen LogP contribution in [0.2, 0.25) is 0 Å². The molecule has 2 saturated carbocycles. The number of nitrogens with zero attached hydrogens (tertiary/aromatic N) is 1. The maximum Gasteiger partial charge on any atom is 0.140 e. The predicted octanol–water partition coefficient (Wildman–Crippen LogP) is 2.54. The molecule has 0 amide bonds. The van der Waals surface area contributed by atoms with Gasteiger partial charge in [-0.2, -0.15) is 5.26 Å². The molecule has 0 saturated heterocycles. The van der Waals surface area contributed by atoms with Gasteiger partial charge in [-0.05, 0) is 24.2 Å². The fourth-order valence-corrected chi connectivity index (χ4v) is 3.17. The topological polar surface area (TPSA) is 40.9 Å². The third-order valence-electron chi connectivity index (χ3n) is 4.29. The van der Waals surface area contributed by atoms with Gasteiger partial charge in [0.05, 0.1) is 12.0 Å². The number of nitriles is 1. The highest BCUT2D eigenvalue weighted by Gasteiger charge is 2.60. The SMILES string of the molecule is CC1(C)CC(=O)[C@@]2(C)[C@H](C[C@H]2C#N)C1. The Morgan fingerprint density at radius 3 is 2.57 bits per heavy atom. The van der Waals surface area contributed by atoms with Crippen LogP contribution in [0.5, 0.6) is 0 Å². The van der Waals surface area contributed by atoms with Crippen LogP contribution in [-0.4, -0.2) is 5.78 Å². The number of carbonyl (C=O) groups is 1. The van der Waals surface area contributed by atoms with Gasteiger partial charge in [0.1, 0.15) is 5.78 Å². The van der Waals surface area contributed by atoms with Crippen molar-refractivity contribution in [3.05, 3.63) is 0 Å². The zero-order valence-electron chi connectivity index (χ0n) is 9.13. The van der Waals surface area contributed by atoms with Crippen molar-refractivity contribution < 1.29 is 4.79 Å². The Hall–Kier alpha value is -0.840. The molecule has 3 atom stereocenters. The summed E-state index contributed by atoms with van der Waals surface area (Å²) in [6, 6.07) is 2.28. The monoisotopic (exact) mass is 191 g/mol. The van der Waals surface area contributed by atoms with Gasteiger partial charge in [-0.1, -0.05) is 20.8 Å². The fraction of sp³-hybridized carbons (Fsp3) is 0.833. The van der Waals surface area contributed by atoms with Crippen LogP contribution in [-0.2, 0) is 4.79 Å². The number of hydrogen-bond donors (Lipinski definition) is 0. The lowest BCUT2D eigenvalue weighted by Gasteiger charge is -2.56. The van der Waals surface area contributed by atoms with Gasteiger partial charge in [0.15, 0.2) is 0 Å². The summed E-state index contributed by atoms with van der Waals surface area (Å²) in [6.45, 7) is 6.31. The summed E-state index contributed by atoms with van der Waals surface area (Å²) in [5.41, 5.74) is -0.147. The second-order valence-electron chi connectivity index (χ2n) is 5.87. The first-order valence-corrected chi connectivity index (χ1v) is 5.33. The Labute approximate surface area is 85.3 Å². The Morgan fingerprint density at radius 1 is 1.43 bits per heavy atom. The Kier molecular flexibility index (Phi) is 1.80. The van der Waals surface area contributed by atoms with Gasteiger partial charge in [0, 0.05) is 11.8 Å². The number of hydrogen-bond acceptors (Lipinski definition) is 2. The second-order valence-corrected chi connectivity index (χ2v) is 5.87. The van der Waals surface area contributed by atoms with E-state index in [1.807, 2.05) is 6.92 Å². The minimum Gasteiger partial charge on any atom is -0.299 e. The largest absolute Gasteiger partial charge is 0.299 e. The molecule has 0 bridgehead atoms. The third kappa shape index (κ3) is 1.05. The quantitative estimate of drug-likeness (QED) is 0.590. The van der Waals surface area contributed by atoms with Crippen molar-refractivity contribution in [1.82, 2.24) is 0 Å². The van der Waals surface area contributed by atoms with Crippen molar-refractivity contribution in [2.45, 2.75) is 40.0 Å². The molecule has 0 N–H and O–H groups in total. The van der Waals surface area contributed by atoms with E-state index >= 15 is 0 Å². The number of rotatable bonds is 0. The van der Waals surface area contributed by atoms with E-state index in [0.717, 1.165) is 12.8 Å². The number of Topliss-reactive ketones (excluding diaryl/α,β-unsaturated/α-hetero) is 1. The van der Waals surface area contributed by atoms with Gasteiger partial charge in [-0.25, -0.2) is 0 Å². The summed E-state index contributed by atoms with van der Waals surface area (Å²) in [6.07, 6.45) is 2.69. The molecule has 0 aliphatic heterocycles. The molecule has 2 heteroatoms. The Morgan fingerprint density at radius 2 is 2.07 bits per heavy atom. The van der Waals surface area contributed by atoms with E-state index in [0.29, 0.717) is 18.1 Å². The zero-order chi connectivity index (χ0) is 10.6. The first-order valence-electron chi connectivity index (χ1n) is 5.33. The minimum absolute atomic E-state index is 0.0175. The van der Waals surface area contributed by atoms with Crippen molar-refractivity contribution in [3.8, 4) is 6.07 Å². The standard InChI is InChI=1S/C12H17NO/c1-11(2)5-8-4-9(7-13)12(8,3)10(14)6-11/h8-9H,4-6H2,1-3H3/t8-,9+,12+/m1/s1. The summed E-state index contributed by atoms with van der Waals surface area (Å²) in [5, 5.41) is 8.94. The van der Waals surface area contributed by atoms with Crippen LogP contribution in [0.25, 0.3) is 0 Å². The van der Waals surface area contributed by atoms with Crippen LogP contribution in [0.4, 0.5) is 0 Å². The predicted molar refractivity (Wildman–Crippen MR) is 53.3 cm³/mol. The molecule has 76 valence electrons. The molecule has 2 nitrogen and oxygen atoms in total. The highest BCUT2D eigenvalue weighted by atomic mass is 16.1. The van der Waals surface area contributed by atoms with E-state index in [4.69, 9.17) is 5.26 Å². The highest BCUT2D eigenvalue weighted by molar-refractivity contribution is 5.88. The number of carbonyl (C=O) groups excluding carboxylic acids is 1. The Balaban J connectivity index is 2.26. The van der Waals surface area contributed by atoms with Crippen LogP contribution >= 0.6 is 0 Å². The van der Waals surface area contributed by atoms with Gasteiger partial charge in [-0.15, -0.1) is 0 Å². The molecule has 0 aromatic rings. The summed E-state index contributed by atoms with van der Waals surface area (Å²) < 4.78 is 0. The smallest absolute Gasteiger partial charge is 0.140 e. The molecule has 0 spiro atoms. The maximum atomic E-state index is 12.0. The lowest BCUT2D eigenvalue weighted by molar-refractivity contribution is -0.155. The number of fused-ring (bicyclic) bond motifs is 1. The zero-order valence-corrected chi connectivity index (χ0v) is 9.13. The van der Waals surface area contributed by atoms with Gasteiger partial charge in [-0.3, -0.25) is 4.79 Å². The van der Waals surface area contributed by atoms with Crippen LogP contribution < -0.4 is 0 Å². The number of ketones is 1. The molecule has 2 aliphatic rings. The van der Waals surface area contributed by atoms with Gasteiger partial charge in [0.2, 0.25) is 0 Å². The van der Waals surface area contributed by atoms with Crippen molar-refractivity contribution >= 4 is 5.78 Å². The fourth-order valence-electron chi connectivity index (χ4n) is 3.17. The minimum atomic E-state index is -0.301. The average molecular weight is 191 g/mol. The maximum absolute atomic E-state index is 12.0. The summed E-state index contributed by atoms with van der Waals surface area (Å²) >= 11 is 0. The molecule has 0 heterocycles. The van der Waals surface area contributed by atoms with Crippen molar-refractivity contribution in [1.29, 1.82) is 5.26 Å². The van der Waals surface area contributed by atoms with E-state index in [1.54, 1.807) is 0 Å². The average Bonchev–Trinajstić information content (AvgIpc) is 2.07. The summed E-state index contributed by atoms with van der Waals surface area (Å²) in [5.74, 6) is 0.760. The molecule has 14 heavy (non-hydrogen) atoms. The molecule has 0 aromatic carbocycles. The van der Waals surface area contributed by atoms with Crippen molar-refractivity contribution in [2.24, 2.45) is 22.7 Å². The van der Waals surface area contributed by atoms with E-state index in [9.17, 15) is 4.79 Å². The molecule has 0 unspecified atom stereocenters. The third-order valence-corrected chi connectivity index (χ3v) is 4.29. The van der Waals surface area contributed by atoms with Gasteiger partial charge < -0.3 is 0 Å². The van der Waals surface area contributed by atoms with Gasteiger partial charge in [0.25, 0.3) is 0 Å². The highest BCUT2D eigenvalue weighted by Crippen LogP contribution is 2.60. The van der Waals surface area contributed by atoms with Crippen molar-refractivity contribution in [2.75, 3.05) is 0 Å². The normalized spacial score (nSPS) is 44.9. The van der Waals surface area contributed by atoms with Crippen LogP contribution in [0.15, 0.2) is 0 Å². The molecular weight excluding hydrogens is 174 g/mol.